The van der Waals surface area contributed by atoms with Crippen LogP contribution >= 0.6 is 12.2 Å². The smallest absolute Gasteiger partial charge is 0.266 e. The molecule has 188 valence electrons. The summed E-state index contributed by atoms with van der Waals surface area (Å²) in [5, 5.41) is 0.204. The fourth-order valence-corrected chi connectivity index (χ4v) is 4.81. The van der Waals surface area contributed by atoms with Crippen LogP contribution in [0.25, 0.3) is 5.57 Å². The number of hydrogen-bond donors (Lipinski definition) is 0. The Labute approximate surface area is 217 Å². The van der Waals surface area contributed by atoms with E-state index in [9.17, 15) is 9.59 Å². The topological polar surface area (TPSA) is 62.3 Å². The third kappa shape index (κ3) is 4.60. The van der Waals surface area contributed by atoms with E-state index in [-0.39, 0.29) is 10.7 Å². The Morgan fingerprint density at radius 1 is 1.00 bits per heavy atom. The number of benzene rings is 1. The van der Waals surface area contributed by atoms with E-state index in [2.05, 4.69) is 36.9 Å². The molecule has 1 aromatic rings. The van der Waals surface area contributed by atoms with Crippen LogP contribution in [0.5, 0.6) is 5.75 Å². The van der Waals surface area contributed by atoms with Gasteiger partial charge in [0.1, 0.15) is 28.6 Å². The van der Waals surface area contributed by atoms with Gasteiger partial charge in [0.15, 0.2) is 5.11 Å². The Morgan fingerprint density at radius 2 is 1.72 bits per heavy atom. The third-order valence-electron chi connectivity index (χ3n) is 6.43. The van der Waals surface area contributed by atoms with Gasteiger partial charge in [0.2, 0.25) is 0 Å². The molecular formula is C28H31N3O4S. The molecule has 0 aliphatic carbocycles. The molecule has 36 heavy (non-hydrogen) atoms. The highest BCUT2D eigenvalue weighted by Gasteiger charge is 2.38. The summed E-state index contributed by atoms with van der Waals surface area (Å²) >= 11 is 5.29. The molecule has 0 unspecified atom stereocenters. The first kappa shape index (κ1) is 25.4. The van der Waals surface area contributed by atoms with Crippen molar-refractivity contribution in [2.45, 2.75) is 34.6 Å². The Bertz CT molecular complexity index is 1300. The summed E-state index contributed by atoms with van der Waals surface area (Å²) in [7, 11) is 1.58. The molecule has 1 fully saturated rings. The normalized spacial score (nSPS) is 21.0. The zero-order valence-corrected chi connectivity index (χ0v) is 22.4. The lowest BCUT2D eigenvalue weighted by molar-refractivity contribution is -0.133. The molecular weight excluding hydrogens is 474 g/mol. The van der Waals surface area contributed by atoms with Gasteiger partial charge in [-0.25, -0.2) is 0 Å². The van der Waals surface area contributed by atoms with E-state index in [1.165, 1.54) is 9.80 Å². The molecule has 1 aromatic carbocycles. The number of carbonyl (C=O) groups is 2. The maximum absolute atomic E-state index is 13.1. The fraction of sp³-hybridized carbons (Fsp3) is 0.321. The van der Waals surface area contributed by atoms with Crippen LogP contribution in [0.1, 0.15) is 40.2 Å². The minimum Gasteiger partial charge on any atom is -0.462 e. The SMILES string of the molecule is CCN1C(=O)/C(=C2/C=C(C)OC(/C=C3\C=C(C)c4ccc(N(CC)CC)cc4O3)=C2)C(=O)N(C)C1=S. The Morgan fingerprint density at radius 3 is 2.39 bits per heavy atom. The van der Waals surface area contributed by atoms with Crippen LogP contribution in [0.2, 0.25) is 0 Å². The van der Waals surface area contributed by atoms with Gasteiger partial charge in [0.05, 0.1) is 0 Å². The summed E-state index contributed by atoms with van der Waals surface area (Å²) in [6.07, 6.45) is 7.11. The summed E-state index contributed by atoms with van der Waals surface area (Å²) in [6, 6.07) is 6.25. The highest BCUT2D eigenvalue weighted by molar-refractivity contribution is 7.80. The van der Waals surface area contributed by atoms with Crippen molar-refractivity contribution in [2.24, 2.45) is 0 Å². The number of anilines is 1. The van der Waals surface area contributed by atoms with Crippen LogP contribution in [0.3, 0.4) is 0 Å². The van der Waals surface area contributed by atoms with E-state index >= 15 is 0 Å². The summed E-state index contributed by atoms with van der Waals surface area (Å²) in [4.78, 5) is 31.1. The summed E-state index contributed by atoms with van der Waals surface area (Å²) < 4.78 is 12.2. The van der Waals surface area contributed by atoms with Gasteiger partial charge in [0, 0.05) is 50.1 Å². The van der Waals surface area contributed by atoms with Gasteiger partial charge in [-0.15, -0.1) is 0 Å². The maximum Gasteiger partial charge on any atom is 0.266 e. The predicted octanol–water partition coefficient (Wildman–Crippen LogP) is 4.93. The van der Waals surface area contributed by atoms with E-state index in [1.807, 2.05) is 19.9 Å². The quantitative estimate of drug-likeness (QED) is 0.321. The van der Waals surface area contributed by atoms with Crippen molar-refractivity contribution in [3.63, 3.8) is 0 Å². The Kier molecular flexibility index (Phi) is 7.17. The lowest BCUT2D eigenvalue weighted by atomic mass is 10.00. The van der Waals surface area contributed by atoms with Crippen LogP contribution in [-0.2, 0) is 14.3 Å². The molecule has 0 N–H and O–H groups in total. The molecule has 1 saturated heterocycles. The zero-order chi connectivity index (χ0) is 26.1. The first-order valence-electron chi connectivity index (χ1n) is 12.1. The minimum absolute atomic E-state index is 0.0667. The van der Waals surface area contributed by atoms with Crippen molar-refractivity contribution in [3.05, 3.63) is 76.5 Å². The van der Waals surface area contributed by atoms with Crippen molar-refractivity contribution in [3.8, 4) is 5.75 Å². The van der Waals surface area contributed by atoms with Gasteiger partial charge in [-0.3, -0.25) is 19.4 Å². The highest BCUT2D eigenvalue weighted by Crippen LogP contribution is 2.37. The first-order chi connectivity index (χ1) is 17.2. The van der Waals surface area contributed by atoms with Crippen LogP contribution in [0.15, 0.2) is 70.9 Å². The average Bonchev–Trinajstić information content (AvgIpc) is 2.83. The molecule has 7 nitrogen and oxygen atoms in total. The molecule has 8 heteroatoms. The van der Waals surface area contributed by atoms with Gasteiger partial charge in [0.25, 0.3) is 11.8 Å². The number of allylic oxidation sites excluding steroid dienone is 7. The van der Waals surface area contributed by atoms with E-state index in [0.29, 0.717) is 29.4 Å². The standard InChI is InChI=1S/C28H31N3O4S/c1-7-30(8-2)20-10-11-23-17(4)12-21(35-24(23)15-20)16-22-14-19(13-18(5)34-22)25-26(32)29(6)28(36)31(9-3)27(25)33/h10-16H,7-9H2,1-6H3/b21-16+,25-19-. The largest absolute Gasteiger partial charge is 0.462 e. The van der Waals surface area contributed by atoms with E-state index in [4.69, 9.17) is 21.7 Å². The average molecular weight is 506 g/mol. The van der Waals surface area contributed by atoms with Gasteiger partial charge >= 0.3 is 0 Å². The first-order valence-corrected chi connectivity index (χ1v) is 12.5. The molecule has 0 aromatic heterocycles. The van der Waals surface area contributed by atoms with Crippen LogP contribution in [0, 0.1) is 0 Å². The predicted molar refractivity (Wildman–Crippen MR) is 145 cm³/mol. The second-order valence-corrected chi connectivity index (χ2v) is 9.12. The maximum atomic E-state index is 13.1. The molecule has 3 aliphatic heterocycles. The number of thiocarbonyl (C=S) groups is 1. The number of hydrogen-bond acceptors (Lipinski definition) is 6. The summed E-state index contributed by atoms with van der Waals surface area (Å²) in [5.74, 6) is 1.58. The number of rotatable bonds is 5. The van der Waals surface area contributed by atoms with Crippen molar-refractivity contribution >= 4 is 40.4 Å². The van der Waals surface area contributed by atoms with E-state index in [1.54, 1.807) is 32.2 Å². The lowest BCUT2D eigenvalue weighted by Gasteiger charge is -2.34. The molecule has 2 amide bonds. The van der Waals surface area contributed by atoms with Crippen LogP contribution in [0.4, 0.5) is 5.69 Å². The van der Waals surface area contributed by atoms with Crippen LogP contribution in [-0.4, -0.2) is 53.4 Å². The minimum atomic E-state index is -0.429. The monoisotopic (exact) mass is 505 g/mol. The molecule has 0 spiro atoms. The molecule has 0 bridgehead atoms. The number of amides is 2. The van der Waals surface area contributed by atoms with Crippen molar-refractivity contribution in [1.29, 1.82) is 0 Å². The Hall–Kier alpha value is -3.65. The fourth-order valence-electron chi connectivity index (χ4n) is 4.51. The summed E-state index contributed by atoms with van der Waals surface area (Å²) in [6.45, 7) is 12.1. The molecule has 4 rings (SSSR count). The molecule has 3 aliphatic rings. The lowest BCUT2D eigenvalue weighted by Crippen LogP contribution is -2.54. The number of nitrogens with zero attached hydrogens (tertiary/aromatic N) is 3. The van der Waals surface area contributed by atoms with E-state index in [0.717, 1.165) is 35.7 Å². The Balaban J connectivity index is 1.72. The van der Waals surface area contributed by atoms with Crippen LogP contribution < -0.4 is 9.64 Å². The number of fused-ring (bicyclic) bond motifs is 1. The molecule has 0 atom stereocenters. The van der Waals surface area contributed by atoms with Crippen molar-refractivity contribution < 1.29 is 19.1 Å². The van der Waals surface area contributed by atoms with Crippen molar-refractivity contribution in [2.75, 3.05) is 31.6 Å². The summed E-state index contributed by atoms with van der Waals surface area (Å²) in [5.41, 5.74) is 3.76. The van der Waals surface area contributed by atoms with Crippen molar-refractivity contribution in [1.82, 2.24) is 9.80 Å². The van der Waals surface area contributed by atoms with E-state index < -0.39 is 11.8 Å². The number of likely N-dealkylation sites (N-methyl/N-ethyl adjacent to an activating group) is 2. The molecule has 0 saturated carbocycles. The van der Waals surface area contributed by atoms with Gasteiger partial charge < -0.3 is 14.4 Å². The van der Waals surface area contributed by atoms with Gasteiger partial charge in [-0.1, -0.05) is 0 Å². The molecule has 0 radical (unpaired) electrons. The highest BCUT2D eigenvalue weighted by atomic mass is 32.1. The van der Waals surface area contributed by atoms with Gasteiger partial charge in [-0.05, 0) is 88.3 Å². The number of carbonyl (C=O) groups excluding carboxylic acids is 2. The number of ether oxygens (including phenoxy) is 2. The third-order valence-corrected chi connectivity index (χ3v) is 6.92. The second-order valence-electron chi connectivity index (χ2n) is 8.76. The molecule has 3 heterocycles. The second kappa shape index (κ2) is 10.1. The zero-order valence-electron chi connectivity index (χ0n) is 21.5. The van der Waals surface area contributed by atoms with Gasteiger partial charge in [-0.2, -0.15) is 0 Å².